The molecule has 1 aromatic carbocycles. The molecule has 0 radical (unpaired) electrons. The first-order valence-electron chi connectivity index (χ1n) is 9.54. The summed E-state index contributed by atoms with van der Waals surface area (Å²) in [5, 5.41) is 4.85. The van der Waals surface area contributed by atoms with Crippen molar-refractivity contribution in [3.8, 4) is 0 Å². The first-order chi connectivity index (χ1) is 12.3. The number of hydrogen-bond acceptors (Lipinski definition) is 2. The van der Waals surface area contributed by atoms with Gasteiger partial charge in [-0.1, -0.05) is 49.6 Å². The molecule has 2 aromatic heterocycles. The van der Waals surface area contributed by atoms with Crippen LogP contribution in [-0.4, -0.2) is 9.55 Å². The molecule has 3 nitrogen and oxygen atoms in total. The van der Waals surface area contributed by atoms with Gasteiger partial charge in [-0.25, -0.2) is 4.98 Å². The van der Waals surface area contributed by atoms with Gasteiger partial charge in [-0.3, -0.25) is 0 Å². The zero-order valence-electron chi connectivity index (χ0n) is 15.0. The minimum absolute atomic E-state index is 0.806. The van der Waals surface area contributed by atoms with E-state index < -0.39 is 0 Å². The summed E-state index contributed by atoms with van der Waals surface area (Å²) in [7, 11) is 0. The summed E-state index contributed by atoms with van der Waals surface area (Å²) in [6, 6.07) is 15.0. The Morgan fingerprint density at radius 2 is 1.88 bits per heavy atom. The minimum Gasteiger partial charge on any atom is -0.364 e. The summed E-state index contributed by atoms with van der Waals surface area (Å²) in [5.74, 6) is 1.82. The molecule has 0 unspecified atom stereocenters. The first kappa shape index (κ1) is 16.2. The first-order valence-corrected chi connectivity index (χ1v) is 9.54. The van der Waals surface area contributed by atoms with E-state index in [-0.39, 0.29) is 0 Å². The Bertz CT molecular complexity index is 829. The summed E-state index contributed by atoms with van der Waals surface area (Å²) < 4.78 is 2.49. The molecule has 25 heavy (non-hydrogen) atoms. The second kappa shape index (κ2) is 7.30. The van der Waals surface area contributed by atoms with Crippen LogP contribution in [0, 0.1) is 12.8 Å². The lowest BCUT2D eigenvalue weighted by atomic mass is 9.89. The number of nitrogens with one attached hydrogen (secondary N) is 1. The maximum Gasteiger partial charge on any atom is 0.150 e. The van der Waals surface area contributed by atoms with Crippen LogP contribution in [0.3, 0.4) is 0 Å². The quantitative estimate of drug-likeness (QED) is 0.664. The third-order valence-electron chi connectivity index (χ3n) is 5.48. The minimum atomic E-state index is 0.806. The molecular formula is C22H27N3. The van der Waals surface area contributed by atoms with E-state index in [1.807, 2.05) is 6.20 Å². The molecule has 0 atom stereocenters. The smallest absolute Gasteiger partial charge is 0.150 e. The Hall–Kier alpha value is -2.29. The fraction of sp³-hybridized carbons (Fsp3) is 0.409. The van der Waals surface area contributed by atoms with E-state index in [1.165, 1.54) is 54.3 Å². The number of rotatable bonds is 5. The molecule has 0 amide bonds. The predicted octanol–water partition coefficient (Wildman–Crippen LogP) is 5.54. The summed E-state index contributed by atoms with van der Waals surface area (Å²) >= 11 is 0. The molecule has 0 spiro atoms. The highest BCUT2D eigenvalue weighted by Crippen LogP contribution is 2.30. The average molecular weight is 333 g/mol. The average Bonchev–Trinajstić information content (AvgIpc) is 2.98. The molecule has 3 heteroatoms. The SMILES string of the molecule is Cc1cc2ccnc(NCc3ccccc3)c2n1CC1CCCCC1. The monoisotopic (exact) mass is 333 g/mol. The molecule has 2 heterocycles. The van der Waals surface area contributed by atoms with Crippen LogP contribution in [0.5, 0.6) is 0 Å². The number of aryl methyl sites for hydroxylation is 1. The van der Waals surface area contributed by atoms with Gasteiger partial charge in [0.2, 0.25) is 0 Å². The largest absolute Gasteiger partial charge is 0.364 e. The number of benzene rings is 1. The molecule has 3 aromatic rings. The molecule has 1 aliphatic rings. The van der Waals surface area contributed by atoms with Gasteiger partial charge in [-0.05, 0) is 43.4 Å². The van der Waals surface area contributed by atoms with E-state index in [4.69, 9.17) is 0 Å². The van der Waals surface area contributed by atoms with Crippen molar-refractivity contribution in [2.75, 3.05) is 5.32 Å². The van der Waals surface area contributed by atoms with E-state index >= 15 is 0 Å². The van der Waals surface area contributed by atoms with Gasteiger partial charge in [-0.2, -0.15) is 0 Å². The molecule has 4 rings (SSSR count). The number of nitrogens with zero attached hydrogens (tertiary/aromatic N) is 2. The standard InChI is InChI=1S/C22H27N3/c1-17-14-20-12-13-23-22(24-15-18-8-4-2-5-9-18)21(20)25(17)16-19-10-6-3-7-11-19/h2,4-5,8-9,12-14,19H,3,6-7,10-11,15-16H2,1H3,(H,23,24). The number of aromatic nitrogens is 2. The highest BCUT2D eigenvalue weighted by molar-refractivity contribution is 5.90. The van der Waals surface area contributed by atoms with E-state index in [0.29, 0.717) is 0 Å². The van der Waals surface area contributed by atoms with Crippen LogP contribution in [0.1, 0.15) is 43.4 Å². The van der Waals surface area contributed by atoms with Gasteiger partial charge in [-0.15, -0.1) is 0 Å². The lowest BCUT2D eigenvalue weighted by molar-refractivity contribution is 0.321. The molecule has 1 fully saturated rings. The Morgan fingerprint density at radius 3 is 2.68 bits per heavy atom. The van der Waals surface area contributed by atoms with E-state index in [2.05, 4.69) is 64.3 Å². The van der Waals surface area contributed by atoms with Crippen molar-refractivity contribution >= 4 is 16.7 Å². The van der Waals surface area contributed by atoms with E-state index in [0.717, 1.165) is 24.8 Å². The third kappa shape index (κ3) is 3.55. The second-order valence-corrected chi connectivity index (χ2v) is 7.34. The molecular weight excluding hydrogens is 306 g/mol. The van der Waals surface area contributed by atoms with Crippen molar-refractivity contribution in [1.82, 2.24) is 9.55 Å². The van der Waals surface area contributed by atoms with Crippen LogP contribution >= 0.6 is 0 Å². The summed E-state index contributed by atoms with van der Waals surface area (Å²) in [4.78, 5) is 4.66. The van der Waals surface area contributed by atoms with Crippen LogP contribution in [0.2, 0.25) is 0 Å². The fourth-order valence-electron chi connectivity index (χ4n) is 4.12. The Morgan fingerprint density at radius 1 is 1.08 bits per heavy atom. The number of hydrogen-bond donors (Lipinski definition) is 1. The van der Waals surface area contributed by atoms with Crippen LogP contribution in [0.4, 0.5) is 5.82 Å². The van der Waals surface area contributed by atoms with Gasteiger partial charge in [0.25, 0.3) is 0 Å². The molecule has 0 bridgehead atoms. The maximum absolute atomic E-state index is 4.66. The number of anilines is 1. The van der Waals surface area contributed by atoms with Crippen LogP contribution < -0.4 is 5.32 Å². The predicted molar refractivity (Wildman–Crippen MR) is 105 cm³/mol. The van der Waals surface area contributed by atoms with Crippen molar-refractivity contribution in [3.63, 3.8) is 0 Å². The highest BCUT2D eigenvalue weighted by atomic mass is 15.1. The number of fused-ring (bicyclic) bond motifs is 1. The second-order valence-electron chi connectivity index (χ2n) is 7.34. The summed E-state index contributed by atoms with van der Waals surface area (Å²) in [5.41, 5.74) is 3.89. The molecule has 0 saturated heterocycles. The zero-order valence-corrected chi connectivity index (χ0v) is 15.0. The molecule has 1 aliphatic carbocycles. The van der Waals surface area contributed by atoms with Crippen molar-refractivity contribution in [3.05, 3.63) is 59.9 Å². The fourth-order valence-corrected chi connectivity index (χ4v) is 4.12. The van der Waals surface area contributed by atoms with E-state index in [9.17, 15) is 0 Å². The molecule has 1 N–H and O–H groups in total. The topological polar surface area (TPSA) is 29.9 Å². The van der Waals surface area contributed by atoms with Gasteiger partial charge in [0.15, 0.2) is 5.82 Å². The highest BCUT2D eigenvalue weighted by Gasteiger charge is 2.18. The van der Waals surface area contributed by atoms with Crippen molar-refractivity contribution in [2.24, 2.45) is 5.92 Å². The normalized spacial score (nSPS) is 15.6. The van der Waals surface area contributed by atoms with Crippen molar-refractivity contribution in [2.45, 2.75) is 52.1 Å². The van der Waals surface area contributed by atoms with Crippen LogP contribution in [0.15, 0.2) is 48.7 Å². The summed E-state index contributed by atoms with van der Waals surface area (Å²) in [6.07, 6.45) is 8.84. The molecule has 130 valence electrons. The van der Waals surface area contributed by atoms with E-state index in [1.54, 1.807) is 0 Å². The van der Waals surface area contributed by atoms with Crippen molar-refractivity contribution in [1.29, 1.82) is 0 Å². The van der Waals surface area contributed by atoms with Crippen LogP contribution in [-0.2, 0) is 13.1 Å². The maximum atomic E-state index is 4.66. The molecule has 1 saturated carbocycles. The van der Waals surface area contributed by atoms with Crippen molar-refractivity contribution < 1.29 is 0 Å². The Balaban J connectivity index is 1.62. The van der Waals surface area contributed by atoms with Gasteiger partial charge in [0.05, 0.1) is 5.52 Å². The van der Waals surface area contributed by atoms with Gasteiger partial charge < -0.3 is 9.88 Å². The van der Waals surface area contributed by atoms with Gasteiger partial charge >= 0.3 is 0 Å². The lowest BCUT2D eigenvalue weighted by Crippen LogP contribution is -2.15. The van der Waals surface area contributed by atoms with Gasteiger partial charge in [0.1, 0.15) is 0 Å². The molecule has 0 aliphatic heterocycles. The Kier molecular flexibility index (Phi) is 4.73. The summed E-state index contributed by atoms with van der Waals surface area (Å²) in [6.45, 7) is 4.16. The van der Waals surface area contributed by atoms with Crippen LogP contribution in [0.25, 0.3) is 10.9 Å². The lowest BCUT2D eigenvalue weighted by Gasteiger charge is -2.23. The zero-order chi connectivity index (χ0) is 17.1. The van der Waals surface area contributed by atoms with Gasteiger partial charge in [0, 0.05) is 30.4 Å². The third-order valence-corrected chi connectivity index (χ3v) is 5.48. The Labute approximate surface area is 150 Å². The number of pyridine rings is 1.